The number of ketones is 3. The van der Waals surface area contributed by atoms with E-state index in [1.165, 1.54) is 32.2 Å². The Balaban J connectivity index is 0.00000336. The van der Waals surface area contributed by atoms with Crippen molar-refractivity contribution in [3.8, 4) is 17.2 Å². The van der Waals surface area contributed by atoms with E-state index < -0.39 is 52.4 Å². The van der Waals surface area contributed by atoms with Gasteiger partial charge in [0.2, 0.25) is 5.78 Å². The van der Waals surface area contributed by atoms with Crippen molar-refractivity contribution in [3.05, 3.63) is 51.6 Å². The van der Waals surface area contributed by atoms with Gasteiger partial charge in [0.05, 0.1) is 36.0 Å². The van der Waals surface area contributed by atoms with E-state index in [1.807, 2.05) is 6.92 Å². The molecule has 0 amide bonds. The van der Waals surface area contributed by atoms with Gasteiger partial charge in [-0.15, -0.1) is 12.4 Å². The van der Waals surface area contributed by atoms with Crippen LogP contribution in [0.4, 0.5) is 0 Å². The molecule has 2 aliphatic carbocycles. The van der Waals surface area contributed by atoms with Crippen LogP contribution in [0.25, 0.3) is 0 Å². The minimum absolute atomic E-state index is 0. The van der Waals surface area contributed by atoms with Crippen molar-refractivity contribution in [1.82, 2.24) is 0 Å². The molecule has 0 spiro atoms. The van der Waals surface area contributed by atoms with Gasteiger partial charge in [-0.25, -0.2) is 0 Å². The lowest BCUT2D eigenvalue weighted by molar-refractivity contribution is -0.225. The summed E-state index contributed by atoms with van der Waals surface area (Å²) in [7, 11) is 1.36. The Kier molecular flexibility index (Phi) is 7.32. The molecule has 0 unspecified atom stereocenters. The molecule has 11 heteroatoms. The molecule has 0 radical (unpaired) electrons. The van der Waals surface area contributed by atoms with Crippen molar-refractivity contribution in [2.24, 2.45) is 5.73 Å². The zero-order chi connectivity index (χ0) is 26.8. The Morgan fingerprint density at radius 2 is 1.79 bits per heavy atom. The first-order valence-corrected chi connectivity index (χ1v) is 12.1. The number of phenolic OH excluding ortho intramolecular Hbond substituents is 2. The third-order valence-corrected chi connectivity index (χ3v) is 7.56. The molecule has 1 saturated heterocycles. The first-order valence-electron chi connectivity index (χ1n) is 12.1. The SMILES string of the molecule is COc1cccc2c1C(=O)c1c(O)c3c(c(O)c1C2=O)C[C@@](O)(C(C)=O)C[C@@H]3O[C@@H]1C[C@@H](N)C[C@@H](C)O1.Cl. The van der Waals surface area contributed by atoms with E-state index in [9.17, 15) is 29.7 Å². The van der Waals surface area contributed by atoms with Crippen molar-refractivity contribution < 1.29 is 43.9 Å². The zero-order valence-corrected chi connectivity index (χ0v) is 22.0. The molecule has 0 aromatic heterocycles. The van der Waals surface area contributed by atoms with Crippen molar-refractivity contribution in [2.45, 2.75) is 69.7 Å². The summed E-state index contributed by atoms with van der Waals surface area (Å²) in [5.74, 6) is -2.96. The summed E-state index contributed by atoms with van der Waals surface area (Å²) in [6, 6.07) is 4.28. The summed E-state index contributed by atoms with van der Waals surface area (Å²) >= 11 is 0. The number of carbonyl (C=O) groups excluding carboxylic acids is 3. The number of phenols is 2. The third-order valence-electron chi connectivity index (χ3n) is 7.56. The summed E-state index contributed by atoms with van der Waals surface area (Å²) in [4.78, 5) is 39.6. The van der Waals surface area contributed by atoms with Crippen LogP contribution in [0.2, 0.25) is 0 Å². The van der Waals surface area contributed by atoms with Gasteiger partial charge in [-0.05, 0) is 26.3 Å². The van der Waals surface area contributed by atoms with Crippen molar-refractivity contribution in [3.63, 3.8) is 0 Å². The van der Waals surface area contributed by atoms with Gasteiger partial charge >= 0.3 is 0 Å². The van der Waals surface area contributed by atoms with Gasteiger partial charge in [0.25, 0.3) is 0 Å². The number of aromatic hydroxyl groups is 2. The molecule has 38 heavy (non-hydrogen) atoms. The lowest BCUT2D eigenvalue weighted by Crippen LogP contribution is -2.46. The van der Waals surface area contributed by atoms with Crippen molar-refractivity contribution in [1.29, 1.82) is 0 Å². The molecule has 5 N–H and O–H groups in total. The van der Waals surface area contributed by atoms with Crippen LogP contribution in [0.1, 0.15) is 82.2 Å². The maximum absolute atomic E-state index is 13.6. The standard InChI is InChI=1S/C27H29NO9.ClH/c1-11-7-13(28)8-18(36-11)37-17-10-27(34,12(2)29)9-15-20(17)26(33)22-21(24(15)31)23(30)14-5-4-6-16(35-3)19(14)25(22)32;/h4-6,11,13,17-18,31,33-34H,7-10,28H2,1-3H3;1H/t11-,13+,17+,18-,27+;/m1./s1. The highest BCUT2D eigenvalue weighted by Crippen LogP contribution is 2.52. The monoisotopic (exact) mass is 547 g/mol. The number of nitrogens with two attached hydrogens (primary N) is 1. The summed E-state index contributed by atoms with van der Waals surface area (Å²) in [5, 5.41) is 34.0. The van der Waals surface area contributed by atoms with E-state index in [0.29, 0.717) is 12.8 Å². The molecule has 1 heterocycles. The van der Waals surface area contributed by atoms with Crippen LogP contribution in [0, 0.1) is 0 Å². The lowest BCUT2D eigenvalue weighted by Gasteiger charge is -2.41. The van der Waals surface area contributed by atoms with Gasteiger partial charge in [0.15, 0.2) is 17.9 Å². The number of benzene rings is 2. The van der Waals surface area contributed by atoms with Crippen LogP contribution >= 0.6 is 12.4 Å². The number of methoxy groups -OCH3 is 1. The summed E-state index contributed by atoms with van der Waals surface area (Å²) in [6.07, 6.45) is -1.85. The Bertz CT molecular complexity index is 1330. The quantitative estimate of drug-likeness (QED) is 0.356. The van der Waals surface area contributed by atoms with Crippen LogP contribution in [-0.2, 0) is 20.7 Å². The molecular formula is C27H30ClNO9. The highest BCUT2D eigenvalue weighted by atomic mass is 35.5. The molecule has 5 atom stereocenters. The molecule has 1 fully saturated rings. The van der Waals surface area contributed by atoms with Crippen LogP contribution < -0.4 is 10.5 Å². The van der Waals surface area contributed by atoms with Crippen LogP contribution in [-0.4, -0.2) is 63.8 Å². The van der Waals surface area contributed by atoms with Gasteiger partial charge in [-0.1, -0.05) is 12.1 Å². The number of rotatable bonds is 4. The fourth-order valence-electron chi connectivity index (χ4n) is 5.71. The van der Waals surface area contributed by atoms with Crippen LogP contribution in [0.3, 0.4) is 0 Å². The van der Waals surface area contributed by atoms with E-state index in [4.69, 9.17) is 19.9 Å². The minimum atomic E-state index is -1.94. The average Bonchev–Trinajstić information content (AvgIpc) is 2.83. The molecule has 5 rings (SSSR count). The maximum Gasteiger partial charge on any atom is 0.202 e. The third kappa shape index (κ3) is 4.26. The van der Waals surface area contributed by atoms with Gasteiger partial charge in [0.1, 0.15) is 22.8 Å². The number of halogens is 1. The zero-order valence-electron chi connectivity index (χ0n) is 21.1. The second kappa shape index (κ2) is 9.94. The van der Waals surface area contributed by atoms with Gasteiger partial charge in [0, 0.05) is 42.0 Å². The Hall–Kier alpha value is -3.02. The molecule has 1 aliphatic heterocycles. The van der Waals surface area contributed by atoms with E-state index >= 15 is 0 Å². The largest absolute Gasteiger partial charge is 0.507 e. The number of ether oxygens (including phenoxy) is 3. The first kappa shape index (κ1) is 28.0. The fraction of sp³-hybridized carbons (Fsp3) is 0.444. The number of carbonyl (C=O) groups is 3. The predicted octanol–water partition coefficient (Wildman–Crippen LogP) is 2.48. The van der Waals surface area contributed by atoms with Crippen molar-refractivity contribution in [2.75, 3.05) is 7.11 Å². The van der Waals surface area contributed by atoms with E-state index in [0.717, 1.165) is 0 Å². The molecule has 2 aromatic rings. The lowest BCUT2D eigenvalue weighted by atomic mass is 9.72. The smallest absolute Gasteiger partial charge is 0.202 e. The van der Waals surface area contributed by atoms with Crippen molar-refractivity contribution >= 4 is 29.8 Å². The number of Topliss-reactive ketones (excluding diaryl/α,β-unsaturated/α-hetero) is 1. The topological polar surface area (TPSA) is 166 Å². The van der Waals surface area contributed by atoms with Crippen LogP contribution in [0.5, 0.6) is 17.2 Å². The first-order chi connectivity index (χ1) is 17.5. The highest BCUT2D eigenvalue weighted by Gasteiger charge is 2.49. The van der Waals surface area contributed by atoms with Gasteiger partial charge in [-0.2, -0.15) is 0 Å². The van der Waals surface area contributed by atoms with E-state index in [1.54, 1.807) is 0 Å². The molecule has 3 aliphatic rings. The Morgan fingerprint density at radius 3 is 2.42 bits per heavy atom. The fourth-order valence-corrected chi connectivity index (χ4v) is 5.71. The van der Waals surface area contributed by atoms with E-state index in [-0.39, 0.29) is 71.0 Å². The Morgan fingerprint density at radius 1 is 1.11 bits per heavy atom. The molecule has 2 aromatic carbocycles. The molecular weight excluding hydrogens is 518 g/mol. The predicted molar refractivity (Wildman–Crippen MR) is 136 cm³/mol. The minimum Gasteiger partial charge on any atom is -0.507 e. The van der Waals surface area contributed by atoms with Gasteiger partial charge < -0.3 is 35.3 Å². The second-order valence-corrected chi connectivity index (χ2v) is 10.1. The normalized spacial score (nSPS) is 28.0. The number of fused-ring (bicyclic) bond motifs is 3. The summed E-state index contributed by atoms with van der Waals surface area (Å²) in [5.41, 5.74) is 3.38. The number of hydrogen-bond donors (Lipinski definition) is 4. The number of hydrogen-bond acceptors (Lipinski definition) is 10. The summed E-state index contributed by atoms with van der Waals surface area (Å²) < 4.78 is 17.3. The molecule has 204 valence electrons. The summed E-state index contributed by atoms with van der Waals surface area (Å²) in [6.45, 7) is 3.05. The average molecular weight is 548 g/mol. The molecule has 10 nitrogen and oxygen atoms in total. The molecule has 0 bridgehead atoms. The van der Waals surface area contributed by atoms with Crippen LogP contribution in [0.15, 0.2) is 18.2 Å². The highest BCUT2D eigenvalue weighted by molar-refractivity contribution is 6.31. The number of aliphatic hydroxyl groups is 1. The van der Waals surface area contributed by atoms with E-state index in [2.05, 4.69) is 0 Å². The second-order valence-electron chi connectivity index (χ2n) is 10.1. The maximum atomic E-state index is 13.6. The Labute approximate surface area is 225 Å². The van der Waals surface area contributed by atoms with Gasteiger partial charge in [-0.3, -0.25) is 14.4 Å². The molecule has 0 saturated carbocycles.